The monoisotopic (exact) mass is 425 g/mol. The highest BCUT2D eigenvalue weighted by molar-refractivity contribution is 6.09. The molecule has 1 aromatic heterocycles. The smallest absolute Gasteiger partial charge is 0.415 e. The Hall–Kier alpha value is -3.47. The van der Waals surface area contributed by atoms with E-state index >= 15 is 0 Å². The van der Waals surface area contributed by atoms with Crippen molar-refractivity contribution in [2.24, 2.45) is 0 Å². The van der Waals surface area contributed by atoms with Crippen molar-refractivity contribution >= 4 is 17.4 Å². The first-order valence-electron chi connectivity index (χ1n) is 8.66. The third-order valence-electron chi connectivity index (χ3n) is 4.42. The molecule has 8 nitrogen and oxygen atoms in total. The van der Waals surface area contributed by atoms with Gasteiger partial charge in [-0.2, -0.15) is 13.2 Å². The molecule has 11 heteroatoms. The van der Waals surface area contributed by atoms with Gasteiger partial charge in [0.1, 0.15) is 11.5 Å². The zero-order chi connectivity index (χ0) is 22.2. The van der Waals surface area contributed by atoms with Gasteiger partial charge in [-0.05, 0) is 24.3 Å². The Labute approximate surface area is 168 Å². The number of ketones is 1. The lowest BCUT2D eigenvalue weighted by molar-refractivity contribution is -0.160. The van der Waals surface area contributed by atoms with Gasteiger partial charge in [0, 0.05) is 14.1 Å². The van der Waals surface area contributed by atoms with Crippen molar-refractivity contribution in [1.29, 1.82) is 0 Å². The van der Waals surface area contributed by atoms with Crippen LogP contribution in [-0.4, -0.2) is 53.2 Å². The van der Waals surface area contributed by atoms with Gasteiger partial charge in [0.2, 0.25) is 5.78 Å². The van der Waals surface area contributed by atoms with E-state index in [1.807, 2.05) is 0 Å². The molecule has 2 aromatic rings. The Morgan fingerprint density at radius 1 is 1.23 bits per heavy atom. The fourth-order valence-corrected chi connectivity index (χ4v) is 2.86. The Bertz CT molecular complexity index is 999. The Morgan fingerprint density at radius 3 is 2.50 bits per heavy atom. The average molecular weight is 425 g/mol. The summed E-state index contributed by atoms with van der Waals surface area (Å²) in [5.41, 5.74) is -0.912. The third-order valence-corrected chi connectivity index (χ3v) is 4.42. The highest BCUT2D eigenvalue weighted by Gasteiger charge is 2.47. The lowest BCUT2D eigenvalue weighted by atomic mass is 9.93. The van der Waals surface area contributed by atoms with Crippen molar-refractivity contribution in [1.82, 2.24) is 10.2 Å². The summed E-state index contributed by atoms with van der Waals surface area (Å²) in [6, 6.07) is 4.17. The number of Topliss-reactive ketones (excluding diaryl/α,β-unsaturated/α-hetero) is 1. The standard InChI is InChI=1S/C19H18F3N3O5/c1-25(2)18(29)9-5-3-6-10(14(9)26)23-12-13(16(28)15(12)27)24-17(19(20,21)22)11-7-4-8-30-11/h3-8,15,17,23-24,26-27H,1-2H3/t15?,17-/m0/s1. The van der Waals surface area contributed by atoms with Crippen LogP contribution >= 0.6 is 0 Å². The number of phenols is 1. The molecule has 0 saturated carbocycles. The largest absolute Gasteiger partial charge is 0.505 e. The molecule has 30 heavy (non-hydrogen) atoms. The van der Waals surface area contributed by atoms with E-state index in [1.165, 1.54) is 43.3 Å². The first-order chi connectivity index (χ1) is 14.0. The van der Waals surface area contributed by atoms with E-state index in [1.54, 1.807) is 0 Å². The number of nitrogens with zero attached hydrogens (tertiary/aromatic N) is 1. The number of phenolic OH excluding ortho intramolecular Hbond substituents is 1. The molecule has 3 rings (SSSR count). The summed E-state index contributed by atoms with van der Waals surface area (Å²) in [6.07, 6.45) is -5.45. The molecule has 1 aliphatic rings. The molecule has 1 aliphatic carbocycles. The predicted molar refractivity (Wildman–Crippen MR) is 98.4 cm³/mol. The molecule has 2 atom stereocenters. The number of hydrogen-bond acceptors (Lipinski definition) is 7. The van der Waals surface area contributed by atoms with Crippen LogP contribution in [-0.2, 0) is 4.79 Å². The zero-order valence-corrected chi connectivity index (χ0v) is 15.8. The number of aromatic hydroxyl groups is 1. The normalized spacial score (nSPS) is 17.4. The van der Waals surface area contributed by atoms with Gasteiger partial charge in [0.15, 0.2) is 17.9 Å². The summed E-state index contributed by atoms with van der Waals surface area (Å²) in [4.78, 5) is 25.4. The molecule has 1 unspecified atom stereocenters. The van der Waals surface area contributed by atoms with E-state index < -0.39 is 47.2 Å². The number of furan rings is 1. The van der Waals surface area contributed by atoms with Crippen LogP contribution in [0.2, 0.25) is 0 Å². The molecule has 0 radical (unpaired) electrons. The number of nitrogens with one attached hydrogen (secondary N) is 2. The van der Waals surface area contributed by atoms with E-state index in [4.69, 9.17) is 4.42 Å². The maximum atomic E-state index is 13.4. The number of aliphatic hydroxyl groups is 1. The van der Waals surface area contributed by atoms with Crippen LogP contribution in [0, 0.1) is 0 Å². The molecule has 0 spiro atoms. The van der Waals surface area contributed by atoms with Crippen molar-refractivity contribution in [3.63, 3.8) is 0 Å². The minimum absolute atomic E-state index is 0.0647. The van der Waals surface area contributed by atoms with Crippen LogP contribution in [0.3, 0.4) is 0 Å². The molecule has 1 aromatic carbocycles. The first kappa shape index (κ1) is 21.2. The van der Waals surface area contributed by atoms with Crippen molar-refractivity contribution in [3.8, 4) is 5.75 Å². The first-order valence-corrected chi connectivity index (χ1v) is 8.66. The topological polar surface area (TPSA) is 115 Å². The van der Waals surface area contributed by atoms with Crippen molar-refractivity contribution in [2.45, 2.75) is 18.3 Å². The van der Waals surface area contributed by atoms with E-state index in [2.05, 4.69) is 10.6 Å². The summed E-state index contributed by atoms with van der Waals surface area (Å²) >= 11 is 0. The number of carbonyl (C=O) groups excluding carboxylic acids is 2. The summed E-state index contributed by atoms with van der Waals surface area (Å²) in [6.45, 7) is 0. The van der Waals surface area contributed by atoms with Crippen molar-refractivity contribution in [2.75, 3.05) is 19.4 Å². The molecule has 0 aliphatic heterocycles. The second kappa shape index (κ2) is 7.75. The van der Waals surface area contributed by atoms with E-state index in [0.29, 0.717) is 0 Å². The Morgan fingerprint density at radius 2 is 1.93 bits per heavy atom. The molecule has 160 valence electrons. The van der Waals surface area contributed by atoms with Gasteiger partial charge in [-0.1, -0.05) is 6.07 Å². The number of alkyl halides is 3. The second-order valence-corrected chi connectivity index (χ2v) is 6.72. The minimum atomic E-state index is -4.79. The van der Waals surface area contributed by atoms with Gasteiger partial charge in [0.25, 0.3) is 5.91 Å². The van der Waals surface area contributed by atoms with Gasteiger partial charge >= 0.3 is 6.18 Å². The van der Waals surface area contributed by atoms with Crippen LogP contribution in [0.15, 0.2) is 52.4 Å². The van der Waals surface area contributed by atoms with E-state index in [-0.39, 0.29) is 16.9 Å². The zero-order valence-electron chi connectivity index (χ0n) is 15.8. The molecule has 0 bridgehead atoms. The van der Waals surface area contributed by atoms with Crippen LogP contribution in [0.4, 0.5) is 18.9 Å². The van der Waals surface area contributed by atoms with Crippen LogP contribution in [0.25, 0.3) is 0 Å². The van der Waals surface area contributed by atoms with Gasteiger partial charge < -0.3 is 30.2 Å². The minimum Gasteiger partial charge on any atom is -0.505 e. The number of benzene rings is 1. The maximum Gasteiger partial charge on any atom is 0.415 e. The van der Waals surface area contributed by atoms with Crippen molar-refractivity contribution in [3.05, 3.63) is 59.3 Å². The Balaban J connectivity index is 1.94. The molecule has 0 saturated heterocycles. The Kier molecular flexibility index (Phi) is 5.49. The number of anilines is 1. The number of rotatable bonds is 6. The number of halogens is 3. The highest BCUT2D eigenvalue weighted by atomic mass is 19.4. The third kappa shape index (κ3) is 3.83. The molecular formula is C19H18F3N3O5. The van der Waals surface area contributed by atoms with Crippen LogP contribution in [0.1, 0.15) is 22.2 Å². The van der Waals surface area contributed by atoms with Gasteiger partial charge in [-0.25, -0.2) is 0 Å². The van der Waals surface area contributed by atoms with Gasteiger partial charge in [0.05, 0.1) is 23.2 Å². The predicted octanol–water partition coefficient (Wildman–Crippen LogP) is 2.15. The second-order valence-electron chi connectivity index (χ2n) is 6.72. The molecule has 4 N–H and O–H groups in total. The van der Waals surface area contributed by atoms with Gasteiger partial charge in [-0.15, -0.1) is 0 Å². The summed E-state index contributed by atoms with van der Waals surface area (Å²) in [7, 11) is 2.96. The number of carbonyl (C=O) groups is 2. The molecule has 0 fully saturated rings. The summed E-state index contributed by atoms with van der Waals surface area (Å²) in [5.74, 6) is -2.42. The molecule has 1 heterocycles. The SMILES string of the molecule is CN(C)C(=O)c1cccc(NC2=C(N[C@@H](c3ccco3)C(F)(F)F)C(=O)C2O)c1O. The lowest BCUT2D eigenvalue weighted by Gasteiger charge is -2.32. The van der Waals surface area contributed by atoms with E-state index in [0.717, 1.165) is 12.3 Å². The van der Waals surface area contributed by atoms with E-state index in [9.17, 15) is 33.0 Å². The number of aliphatic hydroxyl groups excluding tert-OH is 1. The number of amides is 1. The average Bonchev–Trinajstić information content (AvgIpc) is 3.20. The van der Waals surface area contributed by atoms with Crippen LogP contribution in [0.5, 0.6) is 5.75 Å². The van der Waals surface area contributed by atoms with Gasteiger partial charge in [-0.3, -0.25) is 9.59 Å². The van der Waals surface area contributed by atoms with Crippen molar-refractivity contribution < 1.29 is 37.4 Å². The van der Waals surface area contributed by atoms with Crippen LogP contribution < -0.4 is 10.6 Å². The maximum absolute atomic E-state index is 13.4. The lowest BCUT2D eigenvalue weighted by Crippen LogP contribution is -2.48. The fraction of sp³-hybridized carbons (Fsp3) is 0.263. The summed E-state index contributed by atoms with van der Waals surface area (Å²) in [5, 5.41) is 24.9. The highest BCUT2D eigenvalue weighted by Crippen LogP contribution is 2.37. The number of para-hydroxylation sites is 1. The number of hydrogen-bond donors (Lipinski definition) is 4. The molecular weight excluding hydrogens is 407 g/mol. The summed E-state index contributed by atoms with van der Waals surface area (Å²) < 4.78 is 45.1. The quantitative estimate of drug-likeness (QED) is 0.524. The fourth-order valence-electron chi connectivity index (χ4n) is 2.86. The molecule has 1 amide bonds.